The first kappa shape index (κ1) is 17.5. The van der Waals surface area contributed by atoms with E-state index in [1.165, 1.54) is 25.1 Å². The Labute approximate surface area is 144 Å². The Bertz CT molecular complexity index is 916. The van der Waals surface area contributed by atoms with Crippen molar-refractivity contribution in [3.8, 4) is 0 Å². The summed E-state index contributed by atoms with van der Waals surface area (Å²) < 4.78 is 33.7. The Kier molecular flexibility index (Phi) is 4.33. The van der Waals surface area contributed by atoms with E-state index in [4.69, 9.17) is 4.52 Å². The number of aryl methyl sites for hydroxylation is 2. The second kappa shape index (κ2) is 6.19. The molecule has 1 aromatic heterocycles. The maximum Gasteiger partial charge on any atom is 0.289 e. The van der Waals surface area contributed by atoms with Gasteiger partial charge in [-0.2, -0.15) is 9.71 Å². The molecule has 1 aliphatic rings. The predicted molar refractivity (Wildman–Crippen MR) is 87.3 cm³/mol. The molecule has 0 bridgehead atoms. The number of nitro groups is 1. The summed E-state index contributed by atoms with van der Waals surface area (Å²) in [6.07, 6.45) is 2.60. The number of nitrogens with one attached hydrogen (secondary N) is 1. The highest BCUT2D eigenvalue weighted by Crippen LogP contribution is 2.39. The smallest absolute Gasteiger partial charge is 0.289 e. The van der Waals surface area contributed by atoms with Gasteiger partial charge in [-0.1, -0.05) is 30.1 Å². The van der Waals surface area contributed by atoms with Crippen molar-refractivity contribution in [3.63, 3.8) is 0 Å². The molecular weight excluding hydrogens is 348 g/mol. The molecule has 0 aliphatic heterocycles. The van der Waals surface area contributed by atoms with Crippen molar-refractivity contribution in [1.29, 1.82) is 0 Å². The van der Waals surface area contributed by atoms with Gasteiger partial charge in [-0.15, -0.1) is 0 Å². The van der Waals surface area contributed by atoms with Crippen LogP contribution in [0.25, 0.3) is 0 Å². The second-order valence-electron chi connectivity index (χ2n) is 6.21. The summed E-state index contributed by atoms with van der Waals surface area (Å²) in [5, 5.41) is 15.2. The Morgan fingerprint density at radius 2 is 1.96 bits per heavy atom. The number of hydrogen-bond donors (Lipinski definition) is 1. The van der Waals surface area contributed by atoms with Crippen molar-refractivity contribution in [2.75, 3.05) is 0 Å². The van der Waals surface area contributed by atoms with Crippen LogP contribution in [0.5, 0.6) is 0 Å². The quantitative estimate of drug-likeness (QED) is 0.635. The lowest BCUT2D eigenvalue weighted by Crippen LogP contribution is -2.44. The van der Waals surface area contributed by atoms with Gasteiger partial charge in [0.25, 0.3) is 5.69 Å². The molecule has 10 heteroatoms. The van der Waals surface area contributed by atoms with Crippen LogP contribution in [-0.4, -0.2) is 23.5 Å². The number of sulfonamides is 1. The van der Waals surface area contributed by atoms with Crippen LogP contribution < -0.4 is 4.72 Å². The van der Waals surface area contributed by atoms with Gasteiger partial charge < -0.3 is 4.52 Å². The van der Waals surface area contributed by atoms with Crippen LogP contribution in [0.15, 0.2) is 27.6 Å². The van der Waals surface area contributed by atoms with E-state index in [2.05, 4.69) is 14.9 Å². The second-order valence-corrected chi connectivity index (χ2v) is 7.83. The van der Waals surface area contributed by atoms with Gasteiger partial charge in [0.15, 0.2) is 10.7 Å². The molecule has 9 nitrogen and oxygen atoms in total. The monoisotopic (exact) mass is 366 g/mol. The van der Waals surface area contributed by atoms with Gasteiger partial charge in [-0.25, -0.2) is 8.42 Å². The Morgan fingerprint density at radius 1 is 1.28 bits per heavy atom. The SMILES string of the molecule is Cc1nc(C2(NS(=O)(=O)c3c(C)cccc3[N+](=O)[O-])CCCC2)no1. The lowest BCUT2D eigenvalue weighted by atomic mass is 9.98. The van der Waals surface area contributed by atoms with Crippen molar-refractivity contribution >= 4 is 15.7 Å². The molecule has 0 unspecified atom stereocenters. The average Bonchev–Trinajstić information content (AvgIpc) is 3.16. The van der Waals surface area contributed by atoms with E-state index in [9.17, 15) is 18.5 Å². The first-order valence-corrected chi connectivity index (χ1v) is 9.32. The molecule has 134 valence electrons. The molecule has 0 atom stereocenters. The van der Waals surface area contributed by atoms with Crippen molar-refractivity contribution < 1.29 is 17.9 Å². The fraction of sp³-hybridized carbons (Fsp3) is 0.467. The summed E-state index contributed by atoms with van der Waals surface area (Å²) in [6, 6.07) is 4.17. The Morgan fingerprint density at radius 3 is 2.52 bits per heavy atom. The zero-order chi connectivity index (χ0) is 18.2. The lowest BCUT2D eigenvalue weighted by molar-refractivity contribution is -0.387. The Hall–Kier alpha value is -2.33. The van der Waals surface area contributed by atoms with Crippen LogP contribution >= 0.6 is 0 Å². The summed E-state index contributed by atoms with van der Waals surface area (Å²) in [5.41, 5.74) is -1.16. The standard InChI is InChI=1S/C15H18N4O5S/c1-10-6-5-7-12(19(20)21)13(10)25(22,23)18-15(8-3-4-9-15)14-16-11(2)24-17-14/h5-7,18H,3-4,8-9H2,1-2H3. The van der Waals surface area contributed by atoms with E-state index in [-0.39, 0.29) is 10.7 Å². The molecule has 1 N–H and O–H groups in total. The van der Waals surface area contributed by atoms with Gasteiger partial charge in [-0.05, 0) is 25.3 Å². The normalized spacial score (nSPS) is 16.9. The van der Waals surface area contributed by atoms with Crippen LogP contribution in [0.2, 0.25) is 0 Å². The van der Waals surface area contributed by atoms with Crippen LogP contribution in [-0.2, 0) is 15.6 Å². The highest BCUT2D eigenvalue weighted by Gasteiger charge is 2.44. The number of aromatic nitrogens is 2. The van der Waals surface area contributed by atoms with Crippen LogP contribution in [0.3, 0.4) is 0 Å². The third-order valence-electron chi connectivity index (χ3n) is 4.40. The van der Waals surface area contributed by atoms with Gasteiger partial charge in [0.05, 0.1) is 10.5 Å². The summed E-state index contributed by atoms with van der Waals surface area (Å²) in [5.74, 6) is 0.602. The molecule has 1 aromatic carbocycles. The minimum absolute atomic E-state index is 0.266. The van der Waals surface area contributed by atoms with Crippen molar-refractivity contribution in [2.45, 2.75) is 50.0 Å². The van der Waals surface area contributed by atoms with Crippen molar-refractivity contribution in [2.24, 2.45) is 0 Å². The van der Waals surface area contributed by atoms with Crippen LogP contribution in [0.4, 0.5) is 5.69 Å². The maximum atomic E-state index is 13.0. The molecule has 0 amide bonds. The first-order chi connectivity index (χ1) is 11.8. The minimum atomic E-state index is -4.16. The van der Waals surface area contributed by atoms with Crippen LogP contribution in [0.1, 0.15) is 43.0 Å². The fourth-order valence-corrected chi connectivity index (χ4v) is 5.10. The summed E-state index contributed by atoms with van der Waals surface area (Å²) >= 11 is 0. The van der Waals surface area contributed by atoms with E-state index in [1.54, 1.807) is 6.92 Å². The molecule has 0 saturated heterocycles. The van der Waals surface area contributed by atoms with Gasteiger partial charge in [0.1, 0.15) is 0 Å². The van der Waals surface area contributed by atoms with Gasteiger partial charge in [-0.3, -0.25) is 10.1 Å². The maximum absolute atomic E-state index is 13.0. The zero-order valence-electron chi connectivity index (χ0n) is 13.9. The number of benzene rings is 1. The largest absolute Gasteiger partial charge is 0.340 e. The Balaban J connectivity index is 2.08. The van der Waals surface area contributed by atoms with E-state index in [0.29, 0.717) is 24.3 Å². The lowest BCUT2D eigenvalue weighted by Gasteiger charge is -2.26. The third-order valence-corrected chi connectivity index (χ3v) is 6.13. The molecule has 1 saturated carbocycles. The molecule has 2 aromatic rings. The minimum Gasteiger partial charge on any atom is -0.340 e. The summed E-state index contributed by atoms with van der Waals surface area (Å²) in [4.78, 5) is 14.4. The van der Waals surface area contributed by atoms with Gasteiger partial charge >= 0.3 is 0 Å². The number of hydrogen-bond acceptors (Lipinski definition) is 7. The number of rotatable bonds is 5. The van der Waals surface area contributed by atoms with E-state index in [1.807, 2.05) is 0 Å². The molecule has 0 radical (unpaired) electrons. The summed E-state index contributed by atoms with van der Waals surface area (Å²) in [6.45, 7) is 3.15. The number of nitrogens with zero attached hydrogens (tertiary/aromatic N) is 3. The van der Waals surface area contributed by atoms with Crippen molar-refractivity contribution in [3.05, 3.63) is 45.6 Å². The fourth-order valence-electron chi connectivity index (χ4n) is 3.28. The molecule has 0 spiro atoms. The van der Waals surface area contributed by atoms with Gasteiger partial charge in [0.2, 0.25) is 15.9 Å². The molecule has 25 heavy (non-hydrogen) atoms. The van der Waals surface area contributed by atoms with E-state index < -0.39 is 26.2 Å². The summed E-state index contributed by atoms with van der Waals surface area (Å²) in [7, 11) is -4.16. The average molecular weight is 366 g/mol. The highest BCUT2D eigenvalue weighted by atomic mass is 32.2. The predicted octanol–water partition coefficient (Wildman–Crippen LogP) is 2.34. The van der Waals surface area contributed by atoms with E-state index >= 15 is 0 Å². The third kappa shape index (κ3) is 3.14. The van der Waals surface area contributed by atoms with E-state index in [0.717, 1.165) is 12.8 Å². The van der Waals surface area contributed by atoms with Gasteiger partial charge in [0, 0.05) is 13.0 Å². The molecule has 1 heterocycles. The molecule has 1 fully saturated rings. The zero-order valence-corrected chi connectivity index (χ0v) is 14.7. The van der Waals surface area contributed by atoms with Crippen LogP contribution in [0, 0.1) is 24.0 Å². The van der Waals surface area contributed by atoms with Crippen molar-refractivity contribution in [1.82, 2.24) is 14.9 Å². The topological polar surface area (TPSA) is 128 Å². The molecular formula is C15H18N4O5S. The molecule has 3 rings (SSSR count). The first-order valence-electron chi connectivity index (χ1n) is 7.84. The highest BCUT2D eigenvalue weighted by molar-refractivity contribution is 7.89. The molecule has 1 aliphatic carbocycles. The number of nitro benzene ring substituents is 1.